The zero-order valence-electron chi connectivity index (χ0n) is 11.0. The largest absolute Gasteiger partial charge is 0.444 e. The summed E-state index contributed by atoms with van der Waals surface area (Å²) in [5, 5.41) is 14.4. The molecule has 6 nitrogen and oxygen atoms in total. The van der Waals surface area contributed by atoms with Gasteiger partial charge in [-0.3, -0.25) is 0 Å². The summed E-state index contributed by atoms with van der Waals surface area (Å²) in [5.74, 6) is 0. The summed E-state index contributed by atoms with van der Waals surface area (Å²) >= 11 is 0. The van der Waals surface area contributed by atoms with E-state index in [1.165, 1.54) is 0 Å². The Morgan fingerprint density at radius 3 is 2.53 bits per heavy atom. The number of carbonyl (C=O) groups excluding carboxylic acids is 1. The predicted octanol–water partition coefficient (Wildman–Crippen LogP) is -0.190. The first-order chi connectivity index (χ1) is 7.89. The van der Waals surface area contributed by atoms with Gasteiger partial charge in [-0.2, -0.15) is 0 Å². The van der Waals surface area contributed by atoms with Crippen LogP contribution in [0.3, 0.4) is 0 Å². The minimum atomic E-state index is -0.480. The zero-order chi connectivity index (χ0) is 13.3. The molecule has 0 radical (unpaired) electrons. The molecule has 0 saturated carbocycles. The normalized spacial score (nSPS) is 13.2. The highest BCUT2D eigenvalue weighted by Crippen LogP contribution is 2.06. The molecule has 0 bridgehead atoms. The first kappa shape index (κ1) is 16.1. The molecule has 0 aromatic heterocycles. The standard InChI is InChI=1S/C11H25N3O3/c1-11(2,3)17-10(16)14-5-4-9(8-12)13-6-7-15/h9,13,15H,4-8,12H2,1-3H3,(H,14,16). The van der Waals surface area contributed by atoms with Crippen molar-refractivity contribution in [2.24, 2.45) is 5.73 Å². The fourth-order valence-electron chi connectivity index (χ4n) is 1.23. The second kappa shape index (κ2) is 8.27. The van der Waals surface area contributed by atoms with Crippen molar-refractivity contribution in [1.82, 2.24) is 10.6 Å². The lowest BCUT2D eigenvalue weighted by Gasteiger charge is -2.20. The maximum atomic E-state index is 11.3. The molecule has 0 aliphatic rings. The van der Waals surface area contributed by atoms with Gasteiger partial charge in [0.1, 0.15) is 5.60 Å². The van der Waals surface area contributed by atoms with Crippen molar-refractivity contribution in [3.8, 4) is 0 Å². The van der Waals surface area contributed by atoms with E-state index in [1.54, 1.807) is 0 Å². The van der Waals surface area contributed by atoms with Crippen LogP contribution < -0.4 is 16.4 Å². The summed E-state index contributed by atoms with van der Waals surface area (Å²) in [6.45, 7) is 7.00. The summed E-state index contributed by atoms with van der Waals surface area (Å²) in [4.78, 5) is 11.3. The van der Waals surface area contributed by atoms with Crippen LogP contribution in [0.2, 0.25) is 0 Å². The van der Waals surface area contributed by atoms with Crippen molar-refractivity contribution >= 4 is 6.09 Å². The molecule has 0 aromatic rings. The Morgan fingerprint density at radius 1 is 1.41 bits per heavy atom. The van der Waals surface area contributed by atoms with Crippen molar-refractivity contribution < 1.29 is 14.6 Å². The molecule has 0 rings (SSSR count). The molecule has 0 spiro atoms. The molecule has 0 aliphatic heterocycles. The minimum Gasteiger partial charge on any atom is -0.444 e. The van der Waals surface area contributed by atoms with Gasteiger partial charge in [-0.1, -0.05) is 0 Å². The van der Waals surface area contributed by atoms with Crippen LogP contribution in [0.25, 0.3) is 0 Å². The quantitative estimate of drug-likeness (QED) is 0.500. The predicted molar refractivity (Wildman–Crippen MR) is 66.8 cm³/mol. The maximum Gasteiger partial charge on any atom is 0.407 e. The smallest absolute Gasteiger partial charge is 0.407 e. The lowest BCUT2D eigenvalue weighted by Crippen LogP contribution is -2.41. The SMILES string of the molecule is CC(C)(C)OC(=O)NCCC(CN)NCCO. The molecular formula is C11H25N3O3. The Kier molecular flexibility index (Phi) is 7.86. The fraction of sp³-hybridized carbons (Fsp3) is 0.909. The molecule has 102 valence electrons. The summed E-state index contributed by atoms with van der Waals surface area (Å²) in [6.07, 6.45) is 0.283. The molecule has 1 unspecified atom stereocenters. The summed E-state index contributed by atoms with van der Waals surface area (Å²) in [7, 11) is 0. The monoisotopic (exact) mass is 247 g/mol. The van der Waals surface area contributed by atoms with Gasteiger partial charge in [0, 0.05) is 25.7 Å². The van der Waals surface area contributed by atoms with Crippen molar-refractivity contribution in [2.45, 2.75) is 38.8 Å². The number of amides is 1. The van der Waals surface area contributed by atoms with E-state index in [2.05, 4.69) is 10.6 Å². The number of rotatable bonds is 7. The Labute approximate surface area is 103 Å². The lowest BCUT2D eigenvalue weighted by atomic mass is 10.2. The van der Waals surface area contributed by atoms with E-state index >= 15 is 0 Å². The van der Waals surface area contributed by atoms with Crippen LogP contribution >= 0.6 is 0 Å². The van der Waals surface area contributed by atoms with Crippen LogP contribution in [-0.4, -0.2) is 49.1 Å². The Balaban J connectivity index is 3.70. The van der Waals surface area contributed by atoms with Crippen molar-refractivity contribution in [2.75, 3.05) is 26.2 Å². The molecule has 0 aliphatic carbocycles. The zero-order valence-corrected chi connectivity index (χ0v) is 11.0. The highest BCUT2D eigenvalue weighted by atomic mass is 16.6. The molecule has 1 atom stereocenters. The number of alkyl carbamates (subject to hydrolysis) is 1. The number of hydrogen-bond acceptors (Lipinski definition) is 5. The Hall–Kier alpha value is -0.850. The summed E-state index contributed by atoms with van der Waals surface area (Å²) in [5.41, 5.74) is 5.06. The molecule has 0 fully saturated rings. The van der Waals surface area contributed by atoms with Crippen LogP contribution in [0.4, 0.5) is 4.79 Å². The third-order valence-electron chi connectivity index (χ3n) is 1.99. The molecule has 5 N–H and O–H groups in total. The van der Waals surface area contributed by atoms with Crippen LogP contribution in [0.5, 0.6) is 0 Å². The number of ether oxygens (including phenoxy) is 1. The molecule has 0 aromatic carbocycles. The topological polar surface area (TPSA) is 96.6 Å². The average molecular weight is 247 g/mol. The van der Waals surface area contributed by atoms with E-state index in [-0.39, 0.29) is 12.6 Å². The van der Waals surface area contributed by atoms with Crippen LogP contribution in [0, 0.1) is 0 Å². The molecule has 6 heteroatoms. The van der Waals surface area contributed by atoms with Gasteiger partial charge < -0.3 is 26.2 Å². The number of nitrogens with two attached hydrogens (primary N) is 1. The highest BCUT2D eigenvalue weighted by Gasteiger charge is 2.15. The first-order valence-electron chi connectivity index (χ1n) is 5.90. The first-order valence-corrected chi connectivity index (χ1v) is 5.90. The van der Waals surface area contributed by atoms with Crippen LogP contribution in [0.1, 0.15) is 27.2 Å². The van der Waals surface area contributed by atoms with Gasteiger partial charge in [-0.05, 0) is 27.2 Å². The van der Waals surface area contributed by atoms with Gasteiger partial charge in [0.05, 0.1) is 6.61 Å². The van der Waals surface area contributed by atoms with Gasteiger partial charge in [0.25, 0.3) is 0 Å². The number of carbonyl (C=O) groups is 1. The lowest BCUT2D eigenvalue weighted by molar-refractivity contribution is 0.0526. The second-order valence-electron chi connectivity index (χ2n) is 4.83. The van der Waals surface area contributed by atoms with Gasteiger partial charge in [0.15, 0.2) is 0 Å². The summed E-state index contributed by atoms with van der Waals surface area (Å²) in [6, 6.07) is 0.0945. The van der Waals surface area contributed by atoms with E-state index in [9.17, 15) is 4.79 Å². The van der Waals surface area contributed by atoms with E-state index < -0.39 is 11.7 Å². The maximum absolute atomic E-state index is 11.3. The summed E-state index contributed by atoms with van der Waals surface area (Å²) < 4.78 is 5.09. The molecule has 17 heavy (non-hydrogen) atoms. The highest BCUT2D eigenvalue weighted by molar-refractivity contribution is 5.67. The number of aliphatic hydroxyl groups excluding tert-OH is 1. The molecule has 1 amide bonds. The Morgan fingerprint density at radius 2 is 2.06 bits per heavy atom. The van der Waals surface area contributed by atoms with Gasteiger partial charge in [0.2, 0.25) is 0 Å². The van der Waals surface area contributed by atoms with E-state index in [1.807, 2.05) is 20.8 Å². The van der Waals surface area contributed by atoms with E-state index in [4.69, 9.17) is 15.6 Å². The number of hydrogen-bond donors (Lipinski definition) is 4. The molecule has 0 saturated heterocycles. The number of nitrogens with one attached hydrogen (secondary N) is 2. The van der Waals surface area contributed by atoms with Gasteiger partial charge >= 0.3 is 6.09 Å². The minimum absolute atomic E-state index is 0.0794. The molecular weight excluding hydrogens is 222 g/mol. The van der Waals surface area contributed by atoms with E-state index in [0.717, 1.165) is 0 Å². The van der Waals surface area contributed by atoms with Crippen molar-refractivity contribution in [3.05, 3.63) is 0 Å². The fourth-order valence-corrected chi connectivity index (χ4v) is 1.23. The third kappa shape index (κ3) is 10.0. The van der Waals surface area contributed by atoms with Crippen LogP contribution in [0.15, 0.2) is 0 Å². The molecule has 0 heterocycles. The van der Waals surface area contributed by atoms with Gasteiger partial charge in [-0.15, -0.1) is 0 Å². The van der Waals surface area contributed by atoms with E-state index in [0.29, 0.717) is 26.1 Å². The van der Waals surface area contributed by atoms with Gasteiger partial charge in [-0.25, -0.2) is 4.79 Å². The second-order valence-corrected chi connectivity index (χ2v) is 4.83. The van der Waals surface area contributed by atoms with Crippen LogP contribution in [-0.2, 0) is 4.74 Å². The Bertz CT molecular complexity index is 216. The average Bonchev–Trinajstić information content (AvgIpc) is 2.20. The number of aliphatic hydroxyl groups is 1. The van der Waals surface area contributed by atoms with Crippen molar-refractivity contribution in [1.29, 1.82) is 0 Å². The third-order valence-corrected chi connectivity index (χ3v) is 1.99. The van der Waals surface area contributed by atoms with Crippen molar-refractivity contribution in [3.63, 3.8) is 0 Å².